The van der Waals surface area contributed by atoms with E-state index in [0.29, 0.717) is 25.9 Å². The topological polar surface area (TPSA) is 58.6 Å². The van der Waals surface area contributed by atoms with Crippen molar-refractivity contribution >= 4 is 11.8 Å². The number of methoxy groups -OCH3 is 1. The maximum atomic E-state index is 12.3. The van der Waals surface area contributed by atoms with Crippen molar-refractivity contribution in [1.29, 1.82) is 0 Å². The molecule has 1 aliphatic heterocycles. The third kappa shape index (κ3) is 3.29. The molecule has 5 heteroatoms. The first-order valence-corrected chi connectivity index (χ1v) is 6.75. The molecule has 0 spiro atoms. The van der Waals surface area contributed by atoms with E-state index in [1.165, 1.54) is 0 Å². The number of hydrogen-bond acceptors (Lipinski definition) is 3. The van der Waals surface area contributed by atoms with Crippen molar-refractivity contribution in [1.82, 2.24) is 10.2 Å². The van der Waals surface area contributed by atoms with Crippen LogP contribution in [0.25, 0.3) is 0 Å². The van der Waals surface area contributed by atoms with Gasteiger partial charge in [-0.15, -0.1) is 0 Å². The second kappa shape index (κ2) is 6.41. The molecule has 0 saturated carbocycles. The summed E-state index contributed by atoms with van der Waals surface area (Å²) >= 11 is 0. The van der Waals surface area contributed by atoms with Crippen molar-refractivity contribution in [2.45, 2.75) is 19.4 Å². The van der Waals surface area contributed by atoms with Crippen LogP contribution in [-0.2, 0) is 16.1 Å². The van der Waals surface area contributed by atoms with E-state index >= 15 is 0 Å². The highest BCUT2D eigenvalue weighted by atomic mass is 16.5. The van der Waals surface area contributed by atoms with Gasteiger partial charge in [-0.1, -0.05) is 18.2 Å². The first kappa shape index (κ1) is 14.4. The molecule has 1 N–H and O–H groups in total. The number of nitrogens with one attached hydrogen (secondary N) is 1. The number of carbonyl (C=O) groups excluding carboxylic acids is 2. The number of rotatable bonds is 4. The van der Waals surface area contributed by atoms with Gasteiger partial charge in [0.1, 0.15) is 5.75 Å². The zero-order valence-corrected chi connectivity index (χ0v) is 11.9. The lowest BCUT2D eigenvalue weighted by Crippen LogP contribution is -2.43. The Morgan fingerprint density at radius 3 is 2.85 bits per heavy atom. The highest BCUT2D eigenvalue weighted by Gasteiger charge is 2.27. The van der Waals surface area contributed by atoms with Gasteiger partial charge in [-0.2, -0.15) is 0 Å². The van der Waals surface area contributed by atoms with Crippen LogP contribution in [0.5, 0.6) is 5.75 Å². The van der Waals surface area contributed by atoms with Crippen molar-refractivity contribution < 1.29 is 14.3 Å². The summed E-state index contributed by atoms with van der Waals surface area (Å²) in [4.78, 5) is 25.2. The van der Waals surface area contributed by atoms with E-state index in [1.54, 1.807) is 19.1 Å². The van der Waals surface area contributed by atoms with Crippen LogP contribution < -0.4 is 10.1 Å². The van der Waals surface area contributed by atoms with Crippen LogP contribution in [0.4, 0.5) is 0 Å². The van der Waals surface area contributed by atoms with Crippen LogP contribution >= 0.6 is 0 Å². The summed E-state index contributed by atoms with van der Waals surface area (Å²) in [7, 11) is 3.41. The number of ether oxygens (including phenoxy) is 1. The van der Waals surface area contributed by atoms with Gasteiger partial charge in [-0.05, 0) is 12.5 Å². The van der Waals surface area contributed by atoms with Crippen LogP contribution in [0.2, 0.25) is 0 Å². The Morgan fingerprint density at radius 2 is 2.20 bits per heavy atom. The average Bonchev–Trinajstić information content (AvgIpc) is 2.48. The van der Waals surface area contributed by atoms with E-state index < -0.39 is 0 Å². The quantitative estimate of drug-likeness (QED) is 0.898. The second-order valence-corrected chi connectivity index (χ2v) is 5.05. The van der Waals surface area contributed by atoms with E-state index in [0.717, 1.165) is 11.3 Å². The van der Waals surface area contributed by atoms with Crippen LogP contribution in [0.3, 0.4) is 0 Å². The summed E-state index contributed by atoms with van der Waals surface area (Å²) in [5, 5.41) is 2.74. The Kier molecular flexibility index (Phi) is 4.61. The Hall–Kier alpha value is -2.04. The average molecular weight is 276 g/mol. The number of amides is 2. The van der Waals surface area contributed by atoms with Crippen molar-refractivity contribution in [3.05, 3.63) is 29.8 Å². The molecular weight excluding hydrogens is 256 g/mol. The summed E-state index contributed by atoms with van der Waals surface area (Å²) in [6.07, 6.45) is 1.06. The molecule has 1 saturated heterocycles. The van der Waals surface area contributed by atoms with Gasteiger partial charge in [0.15, 0.2) is 0 Å². The minimum Gasteiger partial charge on any atom is -0.496 e. The molecule has 2 rings (SSSR count). The maximum Gasteiger partial charge on any atom is 0.227 e. The predicted octanol–water partition coefficient (Wildman–Crippen LogP) is 1.18. The SMILES string of the molecule is COc1ccccc1CN(C)C(=O)C1CCC(=O)NC1. The highest BCUT2D eigenvalue weighted by molar-refractivity contribution is 5.83. The summed E-state index contributed by atoms with van der Waals surface area (Å²) in [5.41, 5.74) is 0.977. The van der Waals surface area contributed by atoms with Crippen LogP contribution in [-0.4, -0.2) is 37.4 Å². The van der Waals surface area contributed by atoms with Crippen molar-refractivity contribution in [2.75, 3.05) is 20.7 Å². The molecular formula is C15H20N2O3. The van der Waals surface area contributed by atoms with Gasteiger partial charge in [0, 0.05) is 32.1 Å². The first-order chi connectivity index (χ1) is 9.61. The largest absolute Gasteiger partial charge is 0.496 e. The molecule has 108 valence electrons. The number of nitrogens with zero attached hydrogens (tertiary/aromatic N) is 1. The molecule has 0 aromatic heterocycles. The molecule has 1 aromatic rings. The molecule has 1 fully saturated rings. The van der Waals surface area contributed by atoms with Gasteiger partial charge in [0.2, 0.25) is 11.8 Å². The zero-order chi connectivity index (χ0) is 14.5. The van der Waals surface area contributed by atoms with Crippen LogP contribution in [0, 0.1) is 5.92 Å². The lowest BCUT2D eigenvalue weighted by atomic mass is 9.97. The second-order valence-electron chi connectivity index (χ2n) is 5.05. The Bertz CT molecular complexity index is 492. The lowest BCUT2D eigenvalue weighted by Gasteiger charge is -2.27. The molecule has 1 aromatic carbocycles. The molecule has 0 aliphatic carbocycles. The number of carbonyl (C=O) groups is 2. The van der Waals surface area contributed by atoms with Gasteiger partial charge in [-0.3, -0.25) is 9.59 Å². The fraction of sp³-hybridized carbons (Fsp3) is 0.467. The molecule has 2 amide bonds. The minimum atomic E-state index is -0.118. The standard InChI is InChI=1S/C15H20N2O3/c1-17(10-12-5-3-4-6-13(12)20-2)15(19)11-7-8-14(18)16-9-11/h3-6,11H,7-10H2,1-2H3,(H,16,18). The fourth-order valence-electron chi connectivity index (χ4n) is 2.42. The molecule has 1 unspecified atom stereocenters. The molecule has 1 atom stereocenters. The first-order valence-electron chi connectivity index (χ1n) is 6.75. The lowest BCUT2D eigenvalue weighted by molar-refractivity contribution is -0.136. The summed E-state index contributed by atoms with van der Waals surface area (Å²) in [6.45, 7) is 0.946. The van der Waals surface area contributed by atoms with Crippen molar-refractivity contribution in [2.24, 2.45) is 5.92 Å². The van der Waals surface area contributed by atoms with Gasteiger partial charge in [-0.25, -0.2) is 0 Å². The molecule has 5 nitrogen and oxygen atoms in total. The molecule has 1 aliphatic rings. The summed E-state index contributed by atoms with van der Waals surface area (Å²) in [6, 6.07) is 7.66. The third-order valence-corrected chi connectivity index (χ3v) is 3.59. The molecule has 0 radical (unpaired) electrons. The molecule has 0 bridgehead atoms. The maximum absolute atomic E-state index is 12.3. The highest BCUT2D eigenvalue weighted by Crippen LogP contribution is 2.20. The smallest absolute Gasteiger partial charge is 0.227 e. The third-order valence-electron chi connectivity index (χ3n) is 3.59. The van der Waals surface area contributed by atoms with E-state index in [1.807, 2.05) is 24.3 Å². The zero-order valence-electron chi connectivity index (χ0n) is 11.9. The van der Waals surface area contributed by atoms with Gasteiger partial charge < -0.3 is 15.0 Å². The number of piperidine rings is 1. The fourth-order valence-corrected chi connectivity index (χ4v) is 2.42. The monoisotopic (exact) mass is 276 g/mol. The van der Waals surface area contributed by atoms with Gasteiger partial charge in [0.05, 0.1) is 13.0 Å². The van der Waals surface area contributed by atoms with Crippen LogP contribution in [0.1, 0.15) is 18.4 Å². The molecule has 1 heterocycles. The Balaban J connectivity index is 1.98. The summed E-state index contributed by atoms with van der Waals surface area (Å²) in [5.74, 6) is 0.758. The van der Waals surface area contributed by atoms with E-state index in [4.69, 9.17) is 4.74 Å². The predicted molar refractivity (Wildman–Crippen MR) is 75.2 cm³/mol. The number of benzene rings is 1. The van der Waals surface area contributed by atoms with E-state index in [9.17, 15) is 9.59 Å². The molecule has 20 heavy (non-hydrogen) atoms. The van der Waals surface area contributed by atoms with Crippen molar-refractivity contribution in [3.63, 3.8) is 0 Å². The minimum absolute atomic E-state index is 0.0291. The summed E-state index contributed by atoms with van der Waals surface area (Å²) < 4.78 is 5.29. The van der Waals surface area contributed by atoms with E-state index in [-0.39, 0.29) is 17.7 Å². The Morgan fingerprint density at radius 1 is 1.45 bits per heavy atom. The van der Waals surface area contributed by atoms with Gasteiger partial charge >= 0.3 is 0 Å². The Labute approximate surface area is 118 Å². The normalized spacial score (nSPS) is 18.3. The van der Waals surface area contributed by atoms with Gasteiger partial charge in [0.25, 0.3) is 0 Å². The number of hydrogen-bond donors (Lipinski definition) is 1. The van der Waals surface area contributed by atoms with Crippen LogP contribution in [0.15, 0.2) is 24.3 Å². The van der Waals surface area contributed by atoms with Crippen molar-refractivity contribution in [3.8, 4) is 5.75 Å². The number of para-hydroxylation sites is 1. The van der Waals surface area contributed by atoms with E-state index in [2.05, 4.69) is 5.32 Å².